The van der Waals surface area contributed by atoms with Gasteiger partial charge in [0.15, 0.2) is 11.0 Å². The highest BCUT2D eigenvalue weighted by atomic mass is 35.5. The molecule has 15 heteroatoms. The van der Waals surface area contributed by atoms with Crippen LogP contribution in [0, 0.1) is 11.6 Å². The van der Waals surface area contributed by atoms with Crippen molar-refractivity contribution in [2.24, 2.45) is 0 Å². The van der Waals surface area contributed by atoms with Crippen molar-refractivity contribution in [2.45, 2.75) is 18.9 Å². The monoisotopic (exact) mass is 553 g/mol. The molecule has 0 fully saturated rings. The summed E-state index contributed by atoms with van der Waals surface area (Å²) in [7, 11) is 0. The van der Waals surface area contributed by atoms with Crippen LogP contribution in [0.15, 0.2) is 53.7 Å². The van der Waals surface area contributed by atoms with Crippen molar-refractivity contribution in [1.82, 2.24) is 39.7 Å². The van der Waals surface area contributed by atoms with Gasteiger partial charge in [-0.25, -0.2) is 18.7 Å². The first kappa shape index (κ1) is 25.7. The Morgan fingerprint density at radius 1 is 1.18 bits per heavy atom. The molecule has 4 N–H and O–H groups in total. The smallest absolute Gasteiger partial charge is 0.290 e. The van der Waals surface area contributed by atoms with Crippen LogP contribution >= 0.6 is 11.6 Å². The summed E-state index contributed by atoms with van der Waals surface area (Å²) < 4.78 is 31.6. The Kier molecular flexibility index (Phi) is 6.85. The maximum absolute atomic E-state index is 14.7. The standard InChI is InChI=1S/C23H16ClF2N9O.CH2O2/c24-22-20(11-1-4-18(27)28-9-11)30-23(31-22)17-3-2-14-5-12(6-19(36)35(14)17)15-7-13(25)8-16(26)21(15)34-10-29-32-33-34;2-1-3/h1,4-10,17H,2-3H2,(H2,27,28)(H,30,31);1H,(H,2,3)/t17-;/m0./s1. The maximum atomic E-state index is 14.7. The van der Waals surface area contributed by atoms with E-state index in [2.05, 4.69) is 30.5 Å². The van der Waals surface area contributed by atoms with Crippen LogP contribution in [0.3, 0.4) is 0 Å². The van der Waals surface area contributed by atoms with Crippen LogP contribution in [0.4, 0.5) is 14.6 Å². The van der Waals surface area contributed by atoms with Gasteiger partial charge in [-0.15, -0.1) is 5.10 Å². The van der Waals surface area contributed by atoms with E-state index in [0.29, 0.717) is 47.0 Å². The number of benzene rings is 1. The number of aryl methyl sites for hydroxylation is 1. The van der Waals surface area contributed by atoms with Gasteiger partial charge in [-0.05, 0) is 53.1 Å². The zero-order valence-electron chi connectivity index (χ0n) is 19.8. The molecule has 198 valence electrons. The Bertz CT molecular complexity index is 1720. The quantitative estimate of drug-likeness (QED) is 0.283. The molecular formula is C24H18ClF2N9O3. The number of nitrogens with zero attached hydrogens (tertiary/aromatic N) is 7. The first-order valence-corrected chi connectivity index (χ1v) is 11.7. The second-order valence-corrected chi connectivity index (χ2v) is 8.76. The lowest BCUT2D eigenvalue weighted by Gasteiger charge is -2.15. The number of aromatic amines is 1. The van der Waals surface area contributed by atoms with Crippen molar-refractivity contribution < 1.29 is 18.7 Å². The summed E-state index contributed by atoms with van der Waals surface area (Å²) in [6.07, 6.45) is 3.91. The summed E-state index contributed by atoms with van der Waals surface area (Å²) in [6.45, 7) is -0.250. The third-order valence-corrected chi connectivity index (χ3v) is 6.39. The summed E-state index contributed by atoms with van der Waals surface area (Å²) >= 11 is 6.39. The SMILES string of the molecule is Nc1ccc(-c2[nH]c([C@@H]3CCc4cc(-c5cc(F)cc(F)c5-n5cnnn5)cc(=O)n43)nc2Cl)cn1.O=CO. The largest absolute Gasteiger partial charge is 0.483 e. The maximum Gasteiger partial charge on any atom is 0.290 e. The van der Waals surface area contributed by atoms with Gasteiger partial charge < -0.3 is 20.4 Å². The number of pyridine rings is 2. The van der Waals surface area contributed by atoms with Gasteiger partial charge in [0.25, 0.3) is 12.0 Å². The van der Waals surface area contributed by atoms with Gasteiger partial charge in [0.1, 0.15) is 29.5 Å². The average molecular weight is 554 g/mol. The summed E-state index contributed by atoms with van der Waals surface area (Å²) in [6, 6.07) is 7.99. The molecule has 1 aliphatic heterocycles. The van der Waals surface area contributed by atoms with Crippen molar-refractivity contribution in [3.63, 3.8) is 0 Å². The molecule has 1 aromatic carbocycles. The number of hydrogen-bond donors (Lipinski definition) is 3. The molecule has 0 saturated heterocycles. The number of aromatic nitrogens is 8. The number of imidazole rings is 1. The molecule has 0 unspecified atom stereocenters. The van der Waals surface area contributed by atoms with E-state index in [1.807, 2.05) is 0 Å². The fourth-order valence-electron chi connectivity index (χ4n) is 4.56. The van der Waals surface area contributed by atoms with Gasteiger partial charge in [0, 0.05) is 35.2 Å². The van der Waals surface area contributed by atoms with E-state index >= 15 is 0 Å². The number of carbonyl (C=O) groups is 1. The van der Waals surface area contributed by atoms with Gasteiger partial charge in [0.05, 0.1) is 11.7 Å². The molecule has 4 aromatic heterocycles. The predicted molar refractivity (Wildman–Crippen MR) is 135 cm³/mol. The highest BCUT2D eigenvalue weighted by molar-refractivity contribution is 6.31. The number of fused-ring (bicyclic) bond motifs is 1. The molecule has 5 heterocycles. The van der Waals surface area contributed by atoms with Gasteiger partial charge in [-0.1, -0.05) is 11.6 Å². The molecule has 39 heavy (non-hydrogen) atoms. The lowest BCUT2D eigenvalue weighted by Crippen LogP contribution is -2.24. The van der Waals surface area contributed by atoms with Gasteiger partial charge in [-0.2, -0.15) is 4.68 Å². The van der Waals surface area contributed by atoms with Crippen LogP contribution in [-0.4, -0.2) is 51.3 Å². The minimum atomic E-state index is -0.856. The molecule has 6 rings (SSSR count). The average Bonchev–Trinajstić information content (AvgIpc) is 3.65. The Balaban J connectivity index is 0.000000983. The van der Waals surface area contributed by atoms with Crippen LogP contribution < -0.4 is 11.3 Å². The van der Waals surface area contributed by atoms with Crippen LogP contribution in [0.2, 0.25) is 5.15 Å². The Hall–Kier alpha value is -4.98. The van der Waals surface area contributed by atoms with E-state index in [0.717, 1.165) is 16.8 Å². The molecule has 0 saturated carbocycles. The number of hydrogen-bond acceptors (Lipinski definition) is 8. The van der Waals surface area contributed by atoms with E-state index in [1.165, 1.54) is 12.4 Å². The molecule has 0 bridgehead atoms. The van der Waals surface area contributed by atoms with Crippen molar-refractivity contribution >= 4 is 23.9 Å². The first-order valence-electron chi connectivity index (χ1n) is 11.3. The summed E-state index contributed by atoms with van der Waals surface area (Å²) in [5.74, 6) is -0.742. The summed E-state index contributed by atoms with van der Waals surface area (Å²) in [5.41, 5.74) is 7.73. The van der Waals surface area contributed by atoms with Crippen molar-refractivity contribution in [3.8, 4) is 28.1 Å². The number of nitrogens with two attached hydrogens (primary N) is 1. The third-order valence-electron chi connectivity index (χ3n) is 6.12. The number of nitrogen functional groups attached to an aromatic ring is 1. The Labute approximate surface area is 222 Å². The number of rotatable bonds is 4. The number of halogens is 3. The Morgan fingerprint density at radius 2 is 1.97 bits per heavy atom. The highest BCUT2D eigenvalue weighted by Gasteiger charge is 2.29. The third kappa shape index (κ3) is 4.84. The van der Waals surface area contributed by atoms with Gasteiger partial charge in [0.2, 0.25) is 0 Å². The molecule has 0 amide bonds. The van der Waals surface area contributed by atoms with Gasteiger partial charge >= 0.3 is 0 Å². The predicted octanol–water partition coefficient (Wildman–Crippen LogP) is 3.03. The molecule has 12 nitrogen and oxygen atoms in total. The lowest BCUT2D eigenvalue weighted by atomic mass is 10.0. The van der Waals surface area contributed by atoms with E-state index in [9.17, 15) is 13.6 Å². The van der Waals surface area contributed by atoms with Crippen molar-refractivity contribution in [1.29, 1.82) is 0 Å². The normalized spacial score (nSPS) is 14.0. The number of H-pyrrole nitrogens is 1. The number of tetrazole rings is 1. The van der Waals surface area contributed by atoms with Crippen LogP contribution in [0.1, 0.15) is 24.0 Å². The van der Waals surface area contributed by atoms with Crippen LogP contribution in [0.25, 0.3) is 28.1 Å². The molecular weight excluding hydrogens is 536 g/mol. The van der Waals surface area contributed by atoms with E-state index in [4.69, 9.17) is 27.2 Å². The number of nitrogens with one attached hydrogen (secondary N) is 1. The molecule has 1 atom stereocenters. The molecule has 0 aliphatic carbocycles. The minimum Gasteiger partial charge on any atom is -0.483 e. The first-order chi connectivity index (χ1) is 18.8. The summed E-state index contributed by atoms with van der Waals surface area (Å²) in [4.78, 5) is 33.4. The summed E-state index contributed by atoms with van der Waals surface area (Å²) in [5, 5.41) is 17.9. The fourth-order valence-corrected chi connectivity index (χ4v) is 4.81. The zero-order valence-corrected chi connectivity index (χ0v) is 20.5. The Morgan fingerprint density at radius 3 is 2.67 bits per heavy atom. The van der Waals surface area contributed by atoms with Gasteiger partial charge in [-0.3, -0.25) is 9.59 Å². The second-order valence-electron chi connectivity index (χ2n) is 8.40. The van der Waals surface area contributed by atoms with Crippen LogP contribution in [0.5, 0.6) is 0 Å². The fraction of sp³-hybridized carbons (Fsp3) is 0.125. The molecule has 1 aliphatic rings. The van der Waals surface area contributed by atoms with E-state index in [1.54, 1.807) is 29.0 Å². The second kappa shape index (κ2) is 10.4. The van der Waals surface area contributed by atoms with Crippen molar-refractivity contribution in [2.75, 3.05) is 5.73 Å². The molecule has 5 aromatic rings. The molecule has 0 radical (unpaired) electrons. The van der Waals surface area contributed by atoms with Crippen LogP contribution in [-0.2, 0) is 11.2 Å². The zero-order chi connectivity index (χ0) is 27.7. The van der Waals surface area contributed by atoms with E-state index < -0.39 is 17.7 Å². The topological polar surface area (TPSA) is 170 Å². The van der Waals surface area contributed by atoms with E-state index in [-0.39, 0.29) is 28.4 Å². The van der Waals surface area contributed by atoms with Crippen molar-refractivity contribution in [3.05, 3.63) is 87.6 Å². The highest BCUT2D eigenvalue weighted by Crippen LogP contribution is 2.36. The number of anilines is 1. The number of carboxylic acid groups (broad SMARTS) is 1. The lowest BCUT2D eigenvalue weighted by molar-refractivity contribution is -0.122. The minimum absolute atomic E-state index is 0.0557. The molecule has 0 spiro atoms.